The molecule has 1 aliphatic rings. The van der Waals surface area contributed by atoms with Gasteiger partial charge in [0.1, 0.15) is 5.75 Å². The molecule has 8 nitrogen and oxygen atoms in total. The van der Waals surface area contributed by atoms with Gasteiger partial charge in [0.25, 0.3) is 0 Å². The molecule has 0 unspecified atom stereocenters. The summed E-state index contributed by atoms with van der Waals surface area (Å²) >= 11 is 0. The van der Waals surface area contributed by atoms with E-state index in [4.69, 9.17) is 9.26 Å². The first kappa shape index (κ1) is 18.9. The van der Waals surface area contributed by atoms with Gasteiger partial charge in [0.05, 0.1) is 12.8 Å². The molecule has 1 aliphatic heterocycles. The molecule has 4 rings (SSSR count). The molecule has 0 aliphatic carbocycles. The maximum absolute atomic E-state index is 12.7. The van der Waals surface area contributed by atoms with Gasteiger partial charge in [-0.1, -0.05) is 11.2 Å². The normalized spacial score (nSPS) is 14.6. The number of carbonyl (C=O) groups is 1. The summed E-state index contributed by atoms with van der Waals surface area (Å²) in [5.41, 5.74) is 2.61. The highest BCUT2D eigenvalue weighted by molar-refractivity contribution is 5.91. The summed E-state index contributed by atoms with van der Waals surface area (Å²) in [6.07, 6.45) is 4.95. The Morgan fingerprint density at radius 1 is 1.21 bits per heavy atom. The van der Waals surface area contributed by atoms with Crippen LogP contribution in [0, 0.1) is 6.92 Å². The van der Waals surface area contributed by atoms with Crippen LogP contribution in [-0.2, 0) is 0 Å². The summed E-state index contributed by atoms with van der Waals surface area (Å²) < 4.78 is 10.8. The highest BCUT2D eigenvalue weighted by Gasteiger charge is 2.28. The fourth-order valence-electron chi connectivity index (χ4n) is 3.46. The molecule has 0 saturated carbocycles. The molecule has 150 valence electrons. The van der Waals surface area contributed by atoms with E-state index in [2.05, 4.69) is 20.4 Å². The number of benzene rings is 1. The SMILES string of the molecule is COc1ccc(C)cc1NC(=O)N1CCC(c2nc(-c3ccncc3)no2)CC1. The number of carbonyl (C=O) groups excluding carboxylic acids is 1. The number of aryl methyl sites for hydroxylation is 1. The predicted octanol–water partition coefficient (Wildman–Crippen LogP) is 3.86. The summed E-state index contributed by atoms with van der Waals surface area (Å²) in [7, 11) is 1.59. The zero-order valence-corrected chi connectivity index (χ0v) is 16.5. The minimum Gasteiger partial charge on any atom is -0.495 e. The largest absolute Gasteiger partial charge is 0.495 e. The number of amides is 2. The molecule has 8 heteroatoms. The molecule has 3 aromatic rings. The van der Waals surface area contributed by atoms with Crippen molar-refractivity contribution in [2.75, 3.05) is 25.5 Å². The molecule has 0 bridgehead atoms. The van der Waals surface area contributed by atoms with Gasteiger partial charge in [0.15, 0.2) is 0 Å². The van der Waals surface area contributed by atoms with Gasteiger partial charge < -0.3 is 19.5 Å². The van der Waals surface area contributed by atoms with Gasteiger partial charge in [-0.25, -0.2) is 4.79 Å². The zero-order valence-electron chi connectivity index (χ0n) is 16.5. The van der Waals surface area contributed by atoms with Crippen LogP contribution >= 0.6 is 0 Å². The van der Waals surface area contributed by atoms with Gasteiger partial charge in [-0.15, -0.1) is 0 Å². The number of pyridine rings is 1. The molecule has 1 aromatic carbocycles. The van der Waals surface area contributed by atoms with Crippen molar-refractivity contribution in [2.45, 2.75) is 25.7 Å². The van der Waals surface area contributed by atoms with Gasteiger partial charge in [-0.2, -0.15) is 4.98 Å². The van der Waals surface area contributed by atoms with E-state index in [1.807, 2.05) is 37.3 Å². The number of hydrogen-bond donors (Lipinski definition) is 1. The van der Waals surface area contributed by atoms with Crippen molar-refractivity contribution in [3.63, 3.8) is 0 Å². The second-order valence-corrected chi connectivity index (χ2v) is 7.09. The molecule has 0 spiro atoms. The average molecular weight is 393 g/mol. The molecular formula is C21H23N5O3. The number of aromatic nitrogens is 3. The Morgan fingerprint density at radius 3 is 2.69 bits per heavy atom. The van der Waals surface area contributed by atoms with Gasteiger partial charge >= 0.3 is 6.03 Å². The summed E-state index contributed by atoms with van der Waals surface area (Å²) in [5.74, 6) is 1.98. The van der Waals surface area contributed by atoms with E-state index in [0.717, 1.165) is 24.0 Å². The van der Waals surface area contributed by atoms with E-state index in [1.165, 1.54) is 0 Å². The van der Waals surface area contributed by atoms with Crippen LogP contribution in [0.25, 0.3) is 11.4 Å². The number of piperidine rings is 1. The standard InChI is InChI=1S/C21H23N5O3/c1-14-3-4-18(28-2)17(13-14)23-21(27)26-11-7-16(8-12-26)20-24-19(25-29-20)15-5-9-22-10-6-15/h3-6,9-10,13,16H,7-8,11-12H2,1-2H3,(H,23,27). The van der Waals surface area contributed by atoms with Gasteiger partial charge in [0.2, 0.25) is 11.7 Å². The zero-order chi connectivity index (χ0) is 20.2. The molecular weight excluding hydrogens is 370 g/mol. The lowest BCUT2D eigenvalue weighted by molar-refractivity contribution is 0.187. The number of urea groups is 1. The lowest BCUT2D eigenvalue weighted by atomic mass is 9.97. The first-order chi connectivity index (χ1) is 14.1. The topological polar surface area (TPSA) is 93.4 Å². The predicted molar refractivity (Wildman–Crippen MR) is 108 cm³/mol. The highest BCUT2D eigenvalue weighted by Crippen LogP contribution is 2.30. The summed E-state index contributed by atoms with van der Waals surface area (Å²) in [4.78, 5) is 23.0. The van der Waals surface area contributed by atoms with Crippen molar-refractivity contribution in [3.05, 3.63) is 54.2 Å². The summed E-state index contributed by atoms with van der Waals surface area (Å²) in [5, 5.41) is 7.04. The molecule has 1 N–H and O–H groups in total. The van der Waals surface area contributed by atoms with Crippen LogP contribution in [0.15, 0.2) is 47.2 Å². The van der Waals surface area contributed by atoms with Crippen LogP contribution in [0.4, 0.5) is 10.5 Å². The van der Waals surface area contributed by atoms with Crippen molar-refractivity contribution in [1.82, 2.24) is 20.0 Å². The molecule has 0 atom stereocenters. The Bertz CT molecular complexity index is 981. The van der Waals surface area contributed by atoms with Crippen molar-refractivity contribution in [2.24, 2.45) is 0 Å². The average Bonchev–Trinajstić information content (AvgIpc) is 3.25. The molecule has 29 heavy (non-hydrogen) atoms. The van der Waals surface area contributed by atoms with Crippen molar-refractivity contribution >= 4 is 11.7 Å². The third-order valence-corrected chi connectivity index (χ3v) is 5.11. The van der Waals surface area contributed by atoms with Crippen LogP contribution in [0.1, 0.15) is 30.2 Å². The number of anilines is 1. The van der Waals surface area contributed by atoms with E-state index in [1.54, 1.807) is 24.4 Å². The molecule has 3 heterocycles. The van der Waals surface area contributed by atoms with Crippen molar-refractivity contribution < 1.29 is 14.1 Å². The highest BCUT2D eigenvalue weighted by atomic mass is 16.5. The Morgan fingerprint density at radius 2 is 1.97 bits per heavy atom. The lowest BCUT2D eigenvalue weighted by Gasteiger charge is -2.30. The van der Waals surface area contributed by atoms with Crippen LogP contribution in [0.3, 0.4) is 0 Å². The van der Waals surface area contributed by atoms with Crippen LogP contribution in [-0.4, -0.2) is 46.3 Å². The van der Waals surface area contributed by atoms with Crippen LogP contribution < -0.4 is 10.1 Å². The lowest BCUT2D eigenvalue weighted by Crippen LogP contribution is -2.40. The maximum Gasteiger partial charge on any atom is 0.321 e. The first-order valence-corrected chi connectivity index (χ1v) is 9.58. The summed E-state index contributed by atoms with van der Waals surface area (Å²) in [6, 6.07) is 9.28. The molecule has 0 radical (unpaired) electrons. The van der Waals surface area contributed by atoms with Gasteiger partial charge in [-0.3, -0.25) is 4.98 Å². The van der Waals surface area contributed by atoms with Crippen LogP contribution in [0.5, 0.6) is 5.75 Å². The third kappa shape index (κ3) is 4.21. The summed E-state index contributed by atoms with van der Waals surface area (Å²) in [6.45, 7) is 3.22. The first-order valence-electron chi connectivity index (χ1n) is 9.58. The molecule has 2 amide bonds. The van der Waals surface area contributed by atoms with Gasteiger partial charge in [0, 0.05) is 37.0 Å². The minimum absolute atomic E-state index is 0.129. The molecule has 1 saturated heterocycles. The number of methoxy groups -OCH3 is 1. The van der Waals surface area contributed by atoms with Gasteiger partial charge in [-0.05, 0) is 49.6 Å². The van der Waals surface area contributed by atoms with Crippen LogP contribution in [0.2, 0.25) is 0 Å². The Balaban J connectivity index is 1.37. The second kappa shape index (κ2) is 8.30. The smallest absolute Gasteiger partial charge is 0.321 e. The number of nitrogens with zero attached hydrogens (tertiary/aromatic N) is 4. The fraction of sp³-hybridized carbons (Fsp3) is 0.333. The van der Waals surface area contributed by atoms with E-state index in [-0.39, 0.29) is 11.9 Å². The second-order valence-electron chi connectivity index (χ2n) is 7.09. The quantitative estimate of drug-likeness (QED) is 0.723. The number of ether oxygens (including phenoxy) is 1. The molecule has 2 aromatic heterocycles. The number of hydrogen-bond acceptors (Lipinski definition) is 6. The van der Waals surface area contributed by atoms with Crippen molar-refractivity contribution in [1.29, 1.82) is 0 Å². The minimum atomic E-state index is -0.129. The Kier molecular flexibility index (Phi) is 5.41. The van der Waals surface area contributed by atoms with E-state index >= 15 is 0 Å². The monoisotopic (exact) mass is 393 g/mol. The number of nitrogens with one attached hydrogen (secondary N) is 1. The number of rotatable bonds is 4. The van der Waals surface area contributed by atoms with E-state index in [0.29, 0.717) is 36.2 Å². The number of likely N-dealkylation sites (tertiary alicyclic amines) is 1. The van der Waals surface area contributed by atoms with E-state index in [9.17, 15) is 4.79 Å². The fourth-order valence-corrected chi connectivity index (χ4v) is 3.46. The van der Waals surface area contributed by atoms with E-state index < -0.39 is 0 Å². The molecule has 1 fully saturated rings. The Labute approximate surface area is 168 Å². The van der Waals surface area contributed by atoms with Crippen molar-refractivity contribution in [3.8, 4) is 17.1 Å². The third-order valence-electron chi connectivity index (χ3n) is 5.11. The Hall–Kier alpha value is -3.42. The maximum atomic E-state index is 12.7.